The predicted octanol–water partition coefficient (Wildman–Crippen LogP) is 1.84. The van der Waals surface area contributed by atoms with Crippen molar-refractivity contribution < 1.29 is 9.21 Å². The van der Waals surface area contributed by atoms with Crippen molar-refractivity contribution >= 4 is 43.9 Å². The number of carbonyl (C=O) groups is 1. The molecule has 8 heteroatoms. The number of carbonyl (C=O) groups excluding carboxylic acids is 1. The monoisotopic (exact) mass is 404 g/mol. The van der Waals surface area contributed by atoms with Crippen molar-refractivity contribution in [3.8, 4) is 0 Å². The molecule has 1 fully saturated rings. The van der Waals surface area contributed by atoms with Crippen LogP contribution in [-0.2, 0) is 11.2 Å². The third-order valence-corrected chi connectivity index (χ3v) is 5.02. The van der Waals surface area contributed by atoms with Crippen LogP contribution in [0.1, 0.15) is 19.2 Å². The summed E-state index contributed by atoms with van der Waals surface area (Å²) in [7, 11) is 0. The first-order valence-electron chi connectivity index (χ1n) is 8.06. The molecule has 0 aliphatic carbocycles. The molecule has 1 aliphatic heterocycles. The average molecular weight is 405 g/mol. The summed E-state index contributed by atoms with van der Waals surface area (Å²) in [6.45, 7) is 2.96. The molecular formula is C17H17BrN4O3. The summed E-state index contributed by atoms with van der Waals surface area (Å²) in [6.07, 6.45) is 1.23. The van der Waals surface area contributed by atoms with Gasteiger partial charge in [0.1, 0.15) is 16.9 Å². The van der Waals surface area contributed by atoms with E-state index in [0.717, 1.165) is 22.8 Å². The van der Waals surface area contributed by atoms with E-state index in [1.165, 1.54) is 6.92 Å². The molecule has 130 valence electrons. The summed E-state index contributed by atoms with van der Waals surface area (Å²) >= 11 is 3.44. The van der Waals surface area contributed by atoms with E-state index in [1.54, 1.807) is 6.07 Å². The van der Waals surface area contributed by atoms with E-state index in [9.17, 15) is 9.59 Å². The maximum atomic E-state index is 12.5. The van der Waals surface area contributed by atoms with Crippen LogP contribution in [0.3, 0.4) is 0 Å². The SMILES string of the molecule is CC(=O)N[C@]1(Cc2nc3c(oc4ccc(Br)cc43)c(=O)[nH]2)CCNC1. The van der Waals surface area contributed by atoms with Crippen LogP contribution in [0, 0.1) is 0 Å². The van der Waals surface area contributed by atoms with Gasteiger partial charge in [0.05, 0.1) is 5.54 Å². The summed E-state index contributed by atoms with van der Waals surface area (Å²) in [5, 5.41) is 7.07. The second kappa shape index (κ2) is 5.96. The zero-order chi connectivity index (χ0) is 17.6. The van der Waals surface area contributed by atoms with Gasteiger partial charge >= 0.3 is 0 Å². The number of nitrogens with zero attached hydrogens (tertiary/aromatic N) is 1. The molecule has 1 amide bonds. The molecule has 0 unspecified atom stereocenters. The minimum Gasteiger partial charge on any atom is -0.449 e. The normalized spacial score (nSPS) is 20.4. The second-order valence-corrected chi connectivity index (χ2v) is 7.41. The summed E-state index contributed by atoms with van der Waals surface area (Å²) in [5.41, 5.74) is 0.632. The van der Waals surface area contributed by atoms with Crippen LogP contribution in [0.4, 0.5) is 0 Å². The maximum absolute atomic E-state index is 12.5. The van der Waals surface area contributed by atoms with Gasteiger partial charge in [0, 0.05) is 29.7 Å². The third-order valence-electron chi connectivity index (χ3n) is 4.53. The number of rotatable bonds is 3. The van der Waals surface area contributed by atoms with Gasteiger partial charge < -0.3 is 20.0 Å². The average Bonchev–Trinajstić information content (AvgIpc) is 3.12. The number of H-pyrrole nitrogens is 1. The Bertz CT molecular complexity index is 1030. The van der Waals surface area contributed by atoms with Gasteiger partial charge in [-0.3, -0.25) is 9.59 Å². The number of benzene rings is 1. The van der Waals surface area contributed by atoms with Crippen molar-refractivity contribution in [3.63, 3.8) is 0 Å². The highest BCUT2D eigenvalue weighted by molar-refractivity contribution is 9.10. The molecule has 3 N–H and O–H groups in total. The number of halogens is 1. The zero-order valence-electron chi connectivity index (χ0n) is 13.6. The van der Waals surface area contributed by atoms with Crippen LogP contribution in [0.2, 0.25) is 0 Å². The number of nitrogens with one attached hydrogen (secondary N) is 3. The summed E-state index contributed by atoms with van der Waals surface area (Å²) in [4.78, 5) is 31.5. The molecular weight excluding hydrogens is 388 g/mol. The molecule has 3 heterocycles. The van der Waals surface area contributed by atoms with Crippen LogP contribution in [0.5, 0.6) is 0 Å². The van der Waals surface area contributed by atoms with E-state index in [-0.39, 0.29) is 17.0 Å². The van der Waals surface area contributed by atoms with Crippen LogP contribution in [-0.4, -0.2) is 34.5 Å². The van der Waals surface area contributed by atoms with Gasteiger partial charge in [-0.05, 0) is 31.2 Å². The molecule has 1 aliphatic rings. The molecule has 2 aromatic heterocycles. The Morgan fingerprint density at radius 1 is 1.48 bits per heavy atom. The molecule has 1 aromatic carbocycles. The fourth-order valence-corrected chi connectivity index (χ4v) is 3.86. The third kappa shape index (κ3) is 2.96. The van der Waals surface area contributed by atoms with E-state index < -0.39 is 5.54 Å². The predicted molar refractivity (Wildman–Crippen MR) is 97.6 cm³/mol. The van der Waals surface area contributed by atoms with Crippen LogP contribution >= 0.6 is 15.9 Å². The highest BCUT2D eigenvalue weighted by Gasteiger charge is 2.35. The van der Waals surface area contributed by atoms with Crippen molar-refractivity contribution in [2.75, 3.05) is 13.1 Å². The van der Waals surface area contributed by atoms with Gasteiger partial charge in [0.15, 0.2) is 0 Å². The zero-order valence-corrected chi connectivity index (χ0v) is 15.2. The van der Waals surface area contributed by atoms with Crippen molar-refractivity contribution in [2.24, 2.45) is 0 Å². The topological polar surface area (TPSA) is 100 Å². The van der Waals surface area contributed by atoms with Gasteiger partial charge in [-0.25, -0.2) is 4.98 Å². The molecule has 0 radical (unpaired) electrons. The number of aromatic amines is 1. The lowest BCUT2D eigenvalue weighted by Gasteiger charge is -2.28. The summed E-state index contributed by atoms with van der Waals surface area (Å²) < 4.78 is 6.53. The fraction of sp³-hybridized carbons (Fsp3) is 0.353. The lowest BCUT2D eigenvalue weighted by atomic mass is 9.93. The first-order valence-corrected chi connectivity index (χ1v) is 8.86. The fourth-order valence-electron chi connectivity index (χ4n) is 3.50. The van der Waals surface area contributed by atoms with E-state index in [2.05, 4.69) is 36.5 Å². The van der Waals surface area contributed by atoms with Crippen molar-refractivity contribution in [1.29, 1.82) is 0 Å². The number of amides is 1. The highest BCUT2D eigenvalue weighted by Crippen LogP contribution is 2.28. The minimum absolute atomic E-state index is 0.0928. The van der Waals surface area contributed by atoms with E-state index in [1.807, 2.05) is 12.1 Å². The van der Waals surface area contributed by atoms with Crippen molar-refractivity contribution in [1.82, 2.24) is 20.6 Å². The van der Waals surface area contributed by atoms with Crippen LogP contribution < -0.4 is 16.2 Å². The van der Waals surface area contributed by atoms with E-state index >= 15 is 0 Å². The molecule has 0 saturated carbocycles. The number of hydrogen-bond acceptors (Lipinski definition) is 5. The van der Waals surface area contributed by atoms with Crippen LogP contribution in [0.25, 0.3) is 22.1 Å². The van der Waals surface area contributed by atoms with Crippen LogP contribution in [0.15, 0.2) is 31.9 Å². The van der Waals surface area contributed by atoms with Gasteiger partial charge in [0.25, 0.3) is 5.56 Å². The number of aromatic nitrogens is 2. The Morgan fingerprint density at radius 3 is 3.04 bits per heavy atom. The molecule has 3 aromatic rings. The molecule has 1 saturated heterocycles. The molecule has 1 atom stereocenters. The van der Waals surface area contributed by atoms with Gasteiger partial charge in [-0.15, -0.1) is 0 Å². The van der Waals surface area contributed by atoms with Gasteiger partial charge in [0.2, 0.25) is 11.5 Å². The van der Waals surface area contributed by atoms with Crippen molar-refractivity contribution in [2.45, 2.75) is 25.3 Å². The quantitative estimate of drug-likeness (QED) is 0.618. The minimum atomic E-state index is -0.435. The number of fused-ring (bicyclic) bond motifs is 3. The standard InChI is InChI=1S/C17H17BrN4O3/c1-9(23)22-17(4-5-19-8-17)7-13-20-14-11-6-10(18)2-3-12(11)25-15(14)16(24)21-13/h2-3,6,19H,4-5,7-8H2,1H3,(H,22,23)(H,20,21,24)/t17-/m0/s1. The molecule has 25 heavy (non-hydrogen) atoms. The maximum Gasteiger partial charge on any atom is 0.294 e. The summed E-state index contributed by atoms with van der Waals surface area (Å²) in [6, 6.07) is 5.55. The van der Waals surface area contributed by atoms with E-state index in [4.69, 9.17) is 4.42 Å². The Hall–Kier alpha value is -2.19. The Labute approximate surface area is 151 Å². The Kier molecular flexibility index (Phi) is 3.88. The molecule has 4 rings (SSSR count). The Balaban J connectivity index is 1.82. The second-order valence-electron chi connectivity index (χ2n) is 6.50. The molecule has 0 bridgehead atoms. The molecule has 0 spiro atoms. The first-order chi connectivity index (χ1) is 12.0. The van der Waals surface area contributed by atoms with Gasteiger partial charge in [-0.2, -0.15) is 0 Å². The summed E-state index contributed by atoms with van der Waals surface area (Å²) in [5.74, 6) is 0.447. The van der Waals surface area contributed by atoms with E-state index in [0.29, 0.717) is 29.9 Å². The number of hydrogen-bond donors (Lipinski definition) is 3. The number of furan rings is 1. The smallest absolute Gasteiger partial charge is 0.294 e. The lowest BCUT2D eigenvalue weighted by Crippen LogP contribution is -2.51. The molecule has 7 nitrogen and oxygen atoms in total. The first kappa shape index (κ1) is 16.3. The van der Waals surface area contributed by atoms with Crippen molar-refractivity contribution in [3.05, 3.63) is 38.9 Å². The lowest BCUT2D eigenvalue weighted by molar-refractivity contribution is -0.120. The largest absolute Gasteiger partial charge is 0.449 e. The van der Waals surface area contributed by atoms with Gasteiger partial charge in [-0.1, -0.05) is 15.9 Å². The highest BCUT2D eigenvalue weighted by atomic mass is 79.9. The Morgan fingerprint density at radius 2 is 2.32 bits per heavy atom.